The summed E-state index contributed by atoms with van der Waals surface area (Å²) in [6.07, 6.45) is 5.79. The van der Waals surface area contributed by atoms with E-state index in [1.54, 1.807) is 12.2 Å². The molecule has 3 saturated carbocycles. The second-order valence-electron chi connectivity index (χ2n) is 13.6. The van der Waals surface area contributed by atoms with Gasteiger partial charge in [0.25, 0.3) is 0 Å². The molecule has 9 atom stereocenters. The van der Waals surface area contributed by atoms with Crippen molar-refractivity contribution in [2.24, 2.45) is 28.6 Å². The van der Waals surface area contributed by atoms with Gasteiger partial charge in [0.15, 0.2) is 23.5 Å². The number of fused-ring (bicyclic) bond motifs is 7. The van der Waals surface area contributed by atoms with E-state index in [-0.39, 0.29) is 30.1 Å². The Bertz CT molecular complexity index is 1630. The Labute approximate surface area is 257 Å². The lowest BCUT2D eigenvalue weighted by Gasteiger charge is -2.59. The highest BCUT2D eigenvalue weighted by atomic mass is 16.7. The van der Waals surface area contributed by atoms with Crippen molar-refractivity contribution in [3.63, 3.8) is 0 Å². The molecule has 4 aliphatic carbocycles. The summed E-state index contributed by atoms with van der Waals surface area (Å²) in [4.78, 5) is 25.9. The van der Waals surface area contributed by atoms with Gasteiger partial charge in [0.1, 0.15) is 6.61 Å². The number of ketones is 2. The topological polar surface area (TPSA) is 113 Å². The lowest BCUT2D eigenvalue weighted by molar-refractivity contribution is -0.201. The van der Waals surface area contributed by atoms with E-state index in [2.05, 4.69) is 18.8 Å². The van der Waals surface area contributed by atoms with E-state index in [4.69, 9.17) is 9.47 Å². The fourth-order valence-corrected chi connectivity index (χ4v) is 9.45. The average Bonchev–Trinajstić information content (AvgIpc) is 3.53. The van der Waals surface area contributed by atoms with Gasteiger partial charge in [-0.15, -0.1) is 0 Å². The molecule has 5 aliphatic rings. The molecule has 1 aliphatic heterocycles. The zero-order valence-electron chi connectivity index (χ0n) is 25.0. The van der Waals surface area contributed by atoms with Crippen molar-refractivity contribution >= 4 is 11.6 Å². The second kappa shape index (κ2) is 10.6. The van der Waals surface area contributed by atoms with Crippen LogP contribution in [0.5, 0.6) is 0 Å². The first-order valence-corrected chi connectivity index (χ1v) is 15.5. The first-order chi connectivity index (χ1) is 21.1. The molecule has 3 N–H and O–H groups in total. The minimum absolute atomic E-state index is 0.00490. The highest BCUT2D eigenvalue weighted by Gasteiger charge is 2.75. The fraction of sp³-hybridized carbons (Fsp3) is 0.459. The highest BCUT2D eigenvalue weighted by molar-refractivity contribution is 6.01. The summed E-state index contributed by atoms with van der Waals surface area (Å²) in [5.74, 6) is 5.94. The standard InChI is InChI=1S/C37H38O7/c1-35-15-14-27(40)17-26(35)12-13-28-29-18-32-37(31(42)21-39,36(29,2)19-30(41)33(28)35)44-34(43-32)25-10-8-22(9-11-25)6-7-23-4-3-5-24(16-23)20-38/h3-5,8-11,14-17,28-30,32-34,38-39,41H,12-13,18-21H2,1-2H3/t28-,29-,30-,32+,33+,34+,35-,36-,37+/m0/s1. The number of hydrogen-bond acceptors (Lipinski definition) is 7. The van der Waals surface area contributed by atoms with E-state index in [0.29, 0.717) is 12.8 Å². The van der Waals surface area contributed by atoms with Crippen molar-refractivity contribution in [2.75, 3.05) is 6.61 Å². The lowest BCUT2D eigenvalue weighted by Crippen LogP contribution is -2.63. The van der Waals surface area contributed by atoms with Gasteiger partial charge in [-0.2, -0.15) is 0 Å². The number of benzene rings is 2. The summed E-state index contributed by atoms with van der Waals surface area (Å²) in [6.45, 7) is 3.46. The lowest BCUT2D eigenvalue weighted by atomic mass is 9.46. The molecule has 0 aromatic heterocycles. The molecular weight excluding hydrogens is 556 g/mol. The molecule has 4 fully saturated rings. The molecule has 44 heavy (non-hydrogen) atoms. The largest absolute Gasteiger partial charge is 0.393 e. The maximum Gasteiger partial charge on any atom is 0.193 e. The van der Waals surface area contributed by atoms with Gasteiger partial charge < -0.3 is 24.8 Å². The van der Waals surface area contributed by atoms with Gasteiger partial charge in [0.2, 0.25) is 0 Å². The van der Waals surface area contributed by atoms with E-state index in [1.165, 1.54) is 0 Å². The minimum atomic E-state index is -1.38. The molecule has 0 spiro atoms. The van der Waals surface area contributed by atoms with E-state index < -0.39 is 47.3 Å². The normalized spacial score (nSPS) is 38.5. The molecule has 1 heterocycles. The molecule has 0 unspecified atom stereocenters. The van der Waals surface area contributed by atoms with Crippen LogP contribution in [0.4, 0.5) is 0 Å². The van der Waals surface area contributed by atoms with Gasteiger partial charge in [-0.3, -0.25) is 9.59 Å². The summed E-state index contributed by atoms with van der Waals surface area (Å²) in [6, 6.07) is 15.0. The quantitative estimate of drug-likeness (QED) is 0.455. The number of carbonyl (C=O) groups excluding carboxylic acids is 2. The van der Waals surface area contributed by atoms with Crippen molar-refractivity contribution in [1.29, 1.82) is 0 Å². The van der Waals surface area contributed by atoms with Crippen molar-refractivity contribution in [2.45, 2.75) is 70.2 Å². The predicted molar refractivity (Wildman–Crippen MR) is 162 cm³/mol. The number of allylic oxidation sites excluding steroid dienone is 4. The number of Topliss-reactive ketones (excluding diaryl/α,β-unsaturated/α-hetero) is 1. The van der Waals surface area contributed by atoms with E-state index in [1.807, 2.05) is 61.5 Å². The van der Waals surface area contributed by atoms with Gasteiger partial charge in [-0.05, 0) is 79.5 Å². The SMILES string of the molecule is C[C@]12C=CC(=O)C=C1CC[C@@H]1[C@@H]2[C@@H](O)C[C@@]2(C)[C@H]1C[C@H]1O[C@@H](c3ccc(C#Cc4cccc(CO)c4)cc3)O[C@]12C(=O)CO. The Morgan fingerprint density at radius 1 is 1.07 bits per heavy atom. The number of carbonyl (C=O) groups is 2. The van der Waals surface area contributed by atoms with Gasteiger partial charge in [-0.1, -0.05) is 61.6 Å². The molecule has 2 aromatic carbocycles. The third kappa shape index (κ3) is 4.23. The zero-order chi connectivity index (χ0) is 30.9. The molecule has 7 rings (SSSR count). The number of rotatable bonds is 4. The summed E-state index contributed by atoms with van der Waals surface area (Å²) in [7, 11) is 0. The molecule has 1 saturated heterocycles. The van der Waals surface area contributed by atoms with Gasteiger partial charge in [0.05, 0.1) is 18.8 Å². The summed E-state index contributed by atoms with van der Waals surface area (Å²) in [5.41, 5.74) is 1.71. The van der Waals surface area contributed by atoms with Gasteiger partial charge in [0, 0.05) is 33.4 Å². The van der Waals surface area contributed by atoms with E-state index in [9.17, 15) is 24.9 Å². The van der Waals surface area contributed by atoms with Crippen LogP contribution in [0.2, 0.25) is 0 Å². The zero-order valence-corrected chi connectivity index (χ0v) is 25.0. The smallest absolute Gasteiger partial charge is 0.193 e. The molecule has 0 radical (unpaired) electrons. The number of aliphatic hydroxyl groups is 3. The first-order valence-electron chi connectivity index (χ1n) is 15.5. The minimum Gasteiger partial charge on any atom is -0.393 e. The van der Waals surface area contributed by atoms with Crippen LogP contribution in [0, 0.1) is 40.4 Å². The number of ether oxygens (including phenoxy) is 2. The average molecular weight is 595 g/mol. The van der Waals surface area contributed by atoms with Crippen LogP contribution in [-0.4, -0.2) is 51.3 Å². The summed E-state index contributed by atoms with van der Waals surface area (Å²) < 4.78 is 13.2. The highest BCUT2D eigenvalue weighted by Crippen LogP contribution is 2.70. The van der Waals surface area contributed by atoms with Gasteiger partial charge in [-0.25, -0.2) is 0 Å². The molecule has 228 valence electrons. The van der Waals surface area contributed by atoms with Crippen LogP contribution in [0.15, 0.2) is 72.3 Å². The molecule has 7 nitrogen and oxygen atoms in total. The Kier molecular flexibility index (Phi) is 7.08. The third-order valence-corrected chi connectivity index (χ3v) is 11.4. The Morgan fingerprint density at radius 2 is 1.84 bits per heavy atom. The van der Waals surface area contributed by atoms with Crippen LogP contribution < -0.4 is 0 Å². The van der Waals surface area contributed by atoms with Crippen molar-refractivity contribution in [3.05, 3.63) is 94.6 Å². The Hall–Kier alpha value is -3.38. The predicted octanol–water partition coefficient (Wildman–Crippen LogP) is 4.18. The number of hydrogen-bond donors (Lipinski definition) is 3. The fourth-order valence-electron chi connectivity index (χ4n) is 9.45. The van der Waals surface area contributed by atoms with Crippen molar-refractivity contribution in [1.82, 2.24) is 0 Å². The third-order valence-electron chi connectivity index (χ3n) is 11.4. The number of aliphatic hydroxyl groups excluding tert-OH is 3. The van der Waals surface area contributed by atoms with Crippen LogP contribution in [0.3, 0.4) is 0 Å². The van der Waals surface area contributed by atoms with E-state index in [0.717, 1.165) is 40.7 Å². The maximum atomic E-state index is 13.7. The second-order valence-corrected chi connectivity index (χ2v) is 13.6. The van der Waals surface area contributed by atoms with Crippen molar-refractivity contribution < 1.29 is 34.4 Å². The summed E-state index contributed by atoms with van der Waals surface area (Å²) >= 11 is 0. The summed E-state index contributed by atoms with van der Waals surface area (Å²) in [5, 5.41) is 31.4. The van der Waals surface area contributed by atoms with E-state index >= 15 is 0 Å². The monoisotopic (exact) mass is 594 g/mol. The molecular formula is C37H38O7. The van der Waals surface area contributed by atoms with Crippen LogP contribution in [0.25, 0.3) is 0 Å². The maximum absolute atomic E-state index is 13.7. The van der Waals surface area contributed by atoms with Crippen molar-refractivity contribution in [3.8, 4) is 11.8 Å². The first kappa shape index (κ1) is 29.3. The molecule has 2 aromatic rings. The van der Waals surface area contributed by atoms with Crippen LogP contribution in [-0.2, 0) is 25.7 Å². The van der Waals surface area contributed by atoms with Crippen LogP contribution in [0.1, 0.15) is 68.1 Å². The molecule has 0 amide bonds. The molecule has 7 heteroatoms. The Morgan fingerprint density at radius 3 is 2.59 bits per heavy atom. The molecule has 0 bridgehead atoms. The Balaban J connectivity index is 1.16. The van der Waals surface area contributed by atoms with Crippen LogP contribution >= 0.6 is 0 Å². The van der Waals surface area contributed by atoms with Gasteiger partial charge >= 0.3 is 0 Å².